The highest BCUT2D eigenvalue weighted by Gasteiger charge is 2.40. The Labute approximate surface area is 199 Å². The van der Waals surface area contributed by atoms with E-state index < -0.39 is 12.0 Å². The second-order valence-electron chi connectivity index (χ2n) is 8.70. The van der Waals surface area contributed by atoms with Crippen molar-refractivity contribution in [2.24, 2.45) is 22.4 Å². The lowest BCUT2D eigenvalue weighted by atomic mass is 9.78. The summed E-state index contributed by atoms with van der Waals surface area (Å²) in [4.78, 5) is 21.7. The molecule has 8 nitrogen and oxygen atoms in total. The van der Waals surface area contributed by atoms with Crippen LogP contribution in [0.25, 0.3) is 0 Å². The van der Waals surface area contributed by atoms with Crippen LogP contribution in [-0.4, -0.2) is 33.9 Å². The summed E-state index contributed by atoms with van der Waals surface area (Å²) in [7, 11) is 0. The molecular formula is C26H31N5O3. The maximum Gasteiger partial charge on any atom is 0.278 e. The minimum absolute atomic E-state index is 0.0139. The molecule has 0 spiro atoms. The van der Waals surface area contributed by atoms with Gasteiger partial charge in [0.05, 0.1) is 35.9 Å². The number of nitrogens with two attached hydrogens (primary N) is 2. The molecule has 2 aromatic rings. The van der Waals surface area contributed by atoms with Gasteiger partial charge in [0.2, 0.25) is 0 Å². The van der Waals surface area contributed by atoms with E-state index in [9.17, 15) is 9.90 Å². The Kier molecular flexibility index (Phi) is 7.40. The van der Waals surface area contributed by atoms with E-state index in [2.05, 4.69) is 21.9 Å². The van der Waals surface area contributed by atoms with Gasteiger partial charge in [0.1, 0.15) is 5.82 Å². The van der Waals surface area contributed by atoms with Gasteiger partial charge < -0.3 is 26.6 Å². The minimum atomic E-state index is -0.573. The number of aliphatic hydroxyl groups is 1. The van der Waals surface area contributed by atoms with Gasteiger partial charge in [0.15, 0.2) is 5.70 Å². The first-order valence-electron chi connectivity index (χ1n) is 11.6. The molecular weight excluding hydrogens is 430 g/mol. The third kappa shape index (κ3) is 5.18. The predicted molar refractivity (Wildman–Crippen MR) is 132 cm³/mol. The standard InChI is InChI=1S/C26H31N5O3/c1-2-19(16-8-4-3-5-9-16)30-24(25(27)28)26(33)31-20-15-29-13-12-17(20)23-14-21(32)18-10-6-7-11-22(18)34-23/h2-5,8-9,12-13,15,18,21-23,32H,1,6-7,10-11,14,27-28H2,(H,31,33)/t18-,21-,22-,23-/m1/s1. The van der Waals surface area contributed by atoms with Gasteiger partial charge in [-0.25, -0.2) is 4.99 Å². The van der Waals surface area contributed by atoms with E-state index in [4.69, 9.17) is 16.2 Å². The highest BCUT2D eigenvalue weighted by atomic mass is 16.5. The number of ether oxygens (including phenoxy) is 1. The molecule has 2 fully saturated rings. The maximum absolute atomic E-state index is 13.2. The highest BCUT2D eigenvalue weighted by molar-refractivity contribution is 6.12. The molecule has 1 saturated heterocycles. The third-order valence-corrected chi connectivity index (χ3v) is 6.48. The number of allylic oxidation sites excluding steroid dienone is 1. The van der Waals surface area contributed by atoms with Crippen LogP contribution in [0.15, 0.2) is 78.0 Å². The molecule has 1 aliphatic carbocycles. The van der Waals surface area contributed by atoms with Gasteiger partial charge in [-0.2, -0.15) is 0 Å². The number of carbonyl (C=O) groups excluding carboxylic acids is 1. The molecule has 1 saturated carbocycles. The molecule has 1 aromatic heterocycles. The van der Waals surface area contributed by atoms with Crippen LogP contribution in [0.1, 0.15) is 49.3 Å². The van der Waals surface area contributed by atoms with E-state index in [1.807, 2.05) is 30.3 Å². The van der Waals surface area contributed by atoms with Crippen LogP contribution in [0, 0.1) is 5.92 Å². The number of rotatable bonds is 6. The molecule has 178 valence electrons. The first kappa shape index (κ1) is 23.7. The summed E-state index contributed by atoms with van der Waals surface area (Å²) in [6.07, 6.45) is 8.54. The van der Waals surface area contributed by atoms with Crippen molar-refractivity contribution < 1.29 is 14.6 Å². The molecule has 0 unspecified atom stereocenters. The van der Waals surface area contributed by atoms with E-state index in [0.29, 0.717) is 17.8 Å². The van der Waals surface area contributed by atoms with Gasteiger partial charge in [0.25, 0.3) is 5.91 Å². The number of aromatic nitrogens is 1. The van der Waals surface area contributed by atoms with Crippen molar-refractivity contribution in [2.75, 3.05) is 5.32 Å². The summed E-state index contributed by atoms with van der Waals surface area (Å²) < 4.78 is 6.38. The molecule has 4 rings (SSSR count). The number of nitrogens with zero attached hydrogens (tertiary/aromatic N) is 2. The summed E-state index contributed by atoms with van der Waals surface area (Å²) in [6, 6.07) is 11.1. The Balaban J connectivity index is 1.58. The SMILES string of the molecule is C=CC(=NC(C(=O)Nc1cnccc1[C@H]1C[C@@H](O)[C@H]2CCCC[C@H]2O1)=C(N)N)c1ccccc1. The van der Waals surface area contributed by atoms with Gasteiger partial charge in [-0.05, 0) is 25.0 Å². The fourth-order valence-corrected chi connectivity index (χ4v) is 4.77. The molecule has 1 amide bonds. The van der Waals surface area contributed by atoms with E-state index in [1.165, 1.54) is 0 Å². The van der Waals surface area contributed by atoms with Crippen LogP contribution in [0.5, 0.6) is 0 Å². The van der Waals surface area contributed by atoms with E-state index >= 15 is 0 Å². The molecule has 8 heteroatoms. The Morgan fingerprint density at radius 3 is 2.71 bits per heavy atom. The molecule has 0 radical (unpaired) electrons. The number of fused-ring (bicyclic) bond motifs is 1. The first-order valence-corrected chi connectivity index (χ1v) is 11.6. The minimum Gasteiger partial charge on any atom is -0.393 e. The van der Waals surface area contributed by atoms with Crippen molar-refractivity contribution in [3.05, 3.63) is 84.1 Å². The lowest BCUT2D eigenvalue weighted by Crippen LogP contribution is -2.43. The van der Waals surface area contributed by atoms with Crippen LogP contribution < -0.4 is 16.8 Å². The topological polar surface area (TPSA) is 136 Å². The molecule has 34 heavy (non-hydrogen) atoms. The lowest BCUT2D eigenvalue weighted by Gasteiger charge is -2.43. The zero-order valence-corrected chi connectivity index (χ0v) is 19.1. The first-order chi connectivity index (χ1) is 16.5. The Hall–Kier alpha value is -3.49. The molecule has 4 atom stereocenters. The van der Waals surface area contributed by atoms with E-state index in [-0.39, 0.29) is 29.6 Å². The number of benzene rings is 1. The summed E-state index contributed by atoms with van der Waals surface area (Å²) in [6.45, 7) is 3.79. The summed E-state index contributed by atoms with van der Waals surface area (Å²) in [5.74, 6) is -0.620. The van der Waals surface area contributed by atoms with Gasteiger partial charge in [-0.3, -0.25) is 9.78 Å². The van der Waals surface area contributed by atoms with Crippen molar-refractivity contribution in [3.63, 3.8) is 0 Å². The largest absolute Gasteiger partial charge is 0.393 e. The van der Waals surface area contributed by atoms with Gasteiger partial charge >= 0.3 is 0 Å². The van der Waals surface area contributed by atoms with E-state index in [0.717, 1.165) is 36.8 Å². The van der Waals surface area contributed by atoms with Crippen LogP contribution in [0.3, 0.4) is 0 Å². The lowest BCUT2D eigenvalue weighted by molar-refractivity contribution is -0.151. The monoisotopic (exact) mass is 461 g/mol. The summed E-state index contributed by atoms with van der Waals surface area (Å²) in [5, 5.41) is 13.6. The third-order valence-electron chi connectivity index (χ3n) is 6.48. The molecule has 0 bridgehead atoms. The van der Waals surface area contributed by atoms with Gasteiger partial charge in [-0.1, -0.05) is 49.8 Å². The summed E-state index contributed by atoms with van der Waals surface area (Å²) in [5.41, 5.74) is 14.0. The Morgan fingerprint density at radius 1 is 1.21 bits per heavy atom. The van der Waals surface area contributed by atoms with Crippen LogP contribution in [-0.2, 0) is 9.53 Å². The summed E-state index contributed by atoms with van der Waals surface area (Å²) >= 11 is 0. The average molecular weight is 462 g/mol. The van der Waals surface area contributed by atoms with Crippen molar-refractivity contribution in [1.29, 1.82) is 0 Å². The number of anilines is 1. The number of carbonyl (C=O) groups is 1. The molecule has 1 aromatic carbocycles. The zero-order chi connectivity index (χ0) is 24.1. The number of nitrogens with one attached hydrogen (secondary N) is 1. The zero-order valence-electron chi connectivity index (χ0n) is 19.1. The fourth-order valence-electron chi connectivity index (χ4n) is 4.77. The number of aliphatic hydroxyl groups excluding tert-OH is 1. The fraction of sp³-hybridized carbons (Fsp3) is 0.346. The van der Waals surface area contributed by atoms with Gasteiger partial charge in [0, 0.05) is 29.7 Å². The van der Waals surface area contributed by atoms with Crippen molar-refractivity contribution in [1.82, 2.24) is 4.98 Å². The second kappa shape index (κ2) is 10.6. The average Bonchev–Trinajstić information content (AvgIpc) is 2.85. The molecule has 2 aliphatic rings. The number of amides is 1. The van der Waals surface area contributed by atoms with Crippen molar-refractivity contribution >= 4 is 17.3 Å². The molecule has 6 N–H and O–H groups in total. The highest BCUT2D eigenvalue weighted by Crippen LogP contribution is 2.42. The van der Waals surface area contributed by atoms with Crippen molar-refractivity contribution in [2.45, 2.75) is 50.4 Å². The second-order valence-corrected chi connectivity index (χ2v) is 8.70. The normalized spacial score (nSPS) is 24.6. The number of aliphatic imine (C=N–C) groups is 1. The number of pyridine rings is 1. The van der Waals surface area contributed by atoms with E-state index in [1.54, 1.807) is 24.5 Å². The van der Waals surface area contributed by atoms with Crippen LogP contribution >= 0.6 is 0 Å². The van der Waals surface area contributed by atoms with Crippen LogP contribution in [0.4, 0.5) is 5.69 Å². The number of hydrogen-bond donors (Lipinski definition) is 4. The molecule has 2 heterocycles. The Bertz CT molecular complexity index is 1090. The van der Waals surface area contributed by atoms with Crippen LogP contribution in [0.2, 0.25) is 0 Å². The maximum atomic E-state index is 13.2. The predicted octanol–water partition coefficient (Wildman–Crippen LogP) is 3.16. The number of hydrogen-bond acceptors (Lipinski definition) is 7. The Morgan fingerprint density at radius 2 is 1.97 bits per heavy atom. The smallest absolute Gasteiger partial charge is 0.278 e. The molecule has 1 aliphatic heterocycles. The van der Waals surface area contributed by atoms with Crippen molar-refractivity contribution in [3.8, 4) is 0 Å². The van der Waals surface area contributed by atoms with Gasteiger partial charge in [-0.15, -0.1) is 0 Å². The quantitative estimate of drug-likeness (QED) is 0.385.